The van der Waals surface area contributed by atoms with Crippen molar-refractivity contribution >= 4 is 5.91 Å². The molecule has 0 unspecified atom stereocenters. The number of hydrogen-bond donors (Lipinski definition) is 1. The zero-order chi connectivity index (χ0) is 25.8. The maximum Gasteiger partial charge on any atom is 0.259 e. The lowest BCUT2D eigenvalue weighted by atomic mass is 9.99. The molecule has 1 aliphatic rings. The number of nitrogens with zero attached hydrogens (tertiary/aromatic N) is 3. The van der Waals surface area contributed by atoms with E-state index in [0.717, 1.165) is 16.7 Å². The highest BCUT2D eigenvalue weighted by molar-refractivity contribution is 5.98. The van der Waals surface area contributed by atoms with Crippen LogP contribution >= 0.6 is 0 Å². The Balaban J connectivity index is 1.65. The minimum Gasteiger partial charge on any atom is -0.472 e. The minimum atomic E-state index is -0.356. The van der Waals surface area contributed by atoms with Crippen molar-refractivity contribution in [3.8, 4) is 17.0 Å². The molecule has 4 rings (SSSR count). The lowest BCUT2D eigenvalue weighted by Gasteiger charge is -2.37. The largest absolute Gasteiger partial charge is 0.472 e. The molecule has 6 nitrogen and oxygen atoms in total. The van der Waals surface area contributed by atoms with E-state index in [1.165, 1.54) is 6.07 Å². The Kier molecular flexibility index (Phi) is 8.01. The molecule has 0 saturated carbocycles. The van der Waals surface area contributed by atoms with Gasteiger partial charge in [-0.1, -0.05) is 55.0 Å². The van der Waals surface area contributed by atoms with E-state index in [-0.39, 0.29) is 42.3 Å². The van der Waals surface area contributed by atoms with Gasteiger partial charge >= 0.3 is 0 Å². The Morgan fingerprint density at radius 1 is 1.19 bits per heavy atom. The fourth-order valence-electron chi connectivity index (χ4n) is 4.51. The first-order chi connectivity index (χ1) is 17.3. The van der Waals surface area contributed by atoms with Crippen LogP contribution in [-0.4, -0.2) is 64.7 Å². The van der Waals surface area contributed by atoms with Crippen LogP contribution in [-0.2, 0) is 6.54 Å². The van der Waals surface area contributed by atoms with Crippen LogP contribution in [0.25, 0.3) is 11.1 Å². The summed E-state index contributed by atoms with van der Waals surface area (Å²) in [5, 5.41) is 9.88. The molecule has 190 valence electrons. The molecule has 0 saturated heterocycles. The summed E-state index contributed by atoms with van der Waals surface area (Å²) in [6.07, 6.45) is 1.43. The van der Waals surface area contributed by atoms with E-state index in [4.69, 9.17) is 4.74 Å². The van der Waals surface area contributed by atoms with Gasteiger partial charge in [0.1, 0.15) is 17.5 Å². The van der Waals surface area contributed by atoms with Crippen LogP contribution in [0.4, 0.5) is 4.39 Å². The van der Waals surface area contributed by atoms with Gasteiger partial charge < -0.3 is 14.7 Å². The van der Waals surface area contributed by atoms with Crippen molar-refractivity contribution in [2.75, 3.05) is 26.7 Å². The molecule has 0 radical (unpaired) electrons. The summed E-state index contributed by atoms with van der Waals surface area (Å²) in [6, 6.07) is 16.3. The van der Waals surface area contributed by atoms with Gasteiger partial charge in [-0.2, -0.15) is 0 Å². The summed E-state index contributed by atoms with van der Waals surface area (Å²) in [4.78, 5) is 21.9. The standard InChI is InChI=1S/C29H34FN3O3/c1-19-9-11-22(12-10-19)24-13-25-28(31-14-24)36-27(20(2)15-33(29(25)35)21(3)18-34)17-32(4)16-23-7-5-6-8-26(23)30/h5-14,20-21,27,34H,15-18H2,1-4H3/t20-,21+,27+/m1/s1. The molecule has 2 heterocycles. The second-order valence-corrected chi connectivity index (χ2v) is 9.85. The van der Waals surface area contributed by atoms with Crippen molar-refractivity contribution < 1.29 is 19.0 Å². The first kappa shape index (κ1) is 25.8. The van der Waals surface area contributed by atoms with Gasteiger partial charge in [0.15, 0.2) is 0 Å². The average Bonchev–Trinajstić information content (AvgIpc) is 2.87. The first-order valence-electron chi connectivity index (χ1n) is 12.3. The molecule has 1 aromatic heterocycles. The number of aliphatic hydroxyl groups excluding tert-OH is 1. The number of carbonyl (C=O) groups is 1. The number of amides is 1. The molecular weight excluding hydrogens is 457 g/mol. The number of carbonyl (C=O) groups excluding carboxylic acids is 1. The summed E-state index contributed by atoms with van der Waals surface area (Å²) in [5.74, 6) is -0.210. The fraction of sp³-hybridized carbons (Fsp3) is 0.379. The lowest BCUT2D eigenvalue weighted by molar-refractivity contribution is 0.0324. The maximum absolute atomic E-state index is 14.2. The average molecular weight is 492 g/mol. The van der Waals surface area contributed by atoms with Gasteiger partial charge in [-0.15, -0.1) is 0 Å². The topological polar surface area (TPSA) is 65.9 Å². The van der Waals surface area contributed by atoms with E-state index in [1.807, 2.05) is 69.1 Å². The van der Waals surface area contributed by atoms with Gasteiger partial charge in [0.05, 0.1) is 12.6 Å². The van der Waals surface area contributed by atoms with E-state index in [9.17, 15) is 14.3 Å². The van der Waals surface area contributed by atoms with Crippen molar-refractivity contribution in [3.63, 3.8) is 0 Å². The van der Waals surface area contributed by atoms with E-state index >= 15 is 0 Å². The second-order valence-electron chi connectivity index (χ2n) is 9.85. The monoisotopic (exact) mass is 491 g/mol. The molecule has 0 fully saturated rings. The van der Waals surface area contributed by atoms with Crippen molar-refractivity contribution in [2.24, 2.45) is 5.92 Å². The van der Waals surface area contributed by atoms with Gasteiger partial charge in [-0.3, -0.25) is 9.69 Å². The molecule has 1 N–H and O–H groups in total. The summed E-state index contributed by atoms with van der Waals surface area (Å²) in [6.45, 7) is 7.12. The van der Waals surface area contributed by atoms with Gasteiger partial charge in [0.25, 0.3) is 5.91 Å². The predicted octanol–water partition coefficient (Wildman–Crippen LogP) is 4.55. The highest BCUT2D eigenvalue weighted by Gasteiger charge is 2.34. The van der Waals surface area contributed by atoms with Crippen molar-refractivity contribution in [3.05, 3.63) is 83.3 Å². The predicted molar refractivity (Wildman–Crippen MR) is 138 cm³/mol. The van der Waals surface area contributed by atoms with Gasteiger partial charge in [0.2, 0.25) is 5.88 Å². The molecule has 3 atom stereocenters. The summed E-state index contributed by atoms with van der Waals surface area (Å²) in [7, 11) is 1.93. The Bertz CT molecular complexity index is 1200. The van der Waals surface area contributed by atoms with Crippen LogP contribution in [0.2, 0.25) is 0 Å². The third-order valence-electron chi connectivity index (χ3n) is 6.80. The van der Waals surface area contributed by atoms with Crippen molar-refractivity contribution in [2.45, 2.75) is 39.5 Å². The zero-order valence-electron chi connectivity index (χ0n) is 21.3. The van der Waals surface area contributed by atoms with Gasteiger partial charge in [-0.05, 0) is 38.6 Å². The van der Waals surface area contributed by atoms with Crippen LogP contribution in [0, 0.1) is 18.7 Å². The van der Waals surface area contributed by atoms with Crippen molar-refractivity contribution in [1.82, 2.24) is 14.8 Å². The van der Waals surface area contributed by atoms with Gasteiger partial charge in [0, 0.05) is 42.9 Å². The smallest absolute Gasteiger partial charge is 0.259 e. The van der Waals surface area contributed by atoms with E-state index in [1.54, 1.807) is 23.2 Å². The number of fused-ring (bicyclic) bond motifs is 1. The Morgan fingerprint density at radius 3 is 2.61 bits per heavy atom. The van der Waals surface area contributed by atoms with E-state index in [2.05, 4.69) is 4.98 Å². The Hall–Kier alpha value is -3.29. The molecular formula is C29H34FN3O3. The van der Waals surface area contributed by atoms with Crippen LogP contribution in [0.3, 0.4) is 0 Å². The number of likely N-dealkylation sites (N-methyl/N-ethyl adjacent to an activating group) is 1. The number of pyridine rings is 1. The number of halogens is 1. The van der Waals surface area contributed by atoms with E-state index < -0.39 is 0 Å². The fourth-order valence-corrected chi connectivity index (χ4v) is 4.51. The summed E-state index contributed by atoms with van der Waals surface area (Å²) in [5.41, 5.74) is 3.93. The molecule has 0 spiro atoms. The number of aromatic nitrogens is 1. The first-order valence-corrected chi connectivity index (χ1v) is 12.3. The third-order valence-corrected chi connectivity index (χ3v) is 6.80. The molecule has 3 aromatic rings. The lowest BCUT2D eigenvalue weighted by Crippen LogP contribution is -2.49. The molecule has 2 aromatic carbocycles. The second kappa shape index (κ2) is 11.2. The van der Waals surface area contributed by atoms with Crippen molar-refractivity contribution in [1.29, 1.82) is 0 Å². The molecule has 1 aliphatic heterocycles. The molecule has 0 aliphatic carbocycles. The van der Waals surface area contributed by atoms with Crippen LogP contribution in [0.5, 0.6) is 5.88 Å². The summed E-state index contributed by atoms with van der Waals surface area (Å²) < 4.78 is 20.6. The zero-order valence-corrected chi connectivity index (χ0v) is 21.3. The number of ether oxygens (including phenoxy) is 1. The highest BCUT2D eigenvalue weighted by Crippen LogP contribution is 2.30. The quantitative estimate of drug-likeness (QED) is 0.525. The third kappa shape index (κ3) is 5.74. The van der Waals surface area contributed by atoms with Crippen LogP contribution in [0.15, 0.2) is 60.8 Å². The number of aliphatic hydroxyl groups is 1. The number of hydrogen-bond acceptors (Lipinski definition) is 5. The Morgan fingerprint density at radius 2 is 1.92 bits per heavy atom. The molecule has 7 heteroatoms. The number of aryl methyl sites for hydroxylation is 1. The maximum atomic E-state index is 14.2. The number of rotatable bonds is 7. The summed E-state index contributed by atoms with van der Waals surface area (Å²) >= 11 is 0. The SMILES string of the molecule is Cc1ccc(-c2cnc3c(c2)C(=O)N([C@@H](C)CO)C[C@@H](C)[C@H](CN(C)Cc2ccccc2F)O3)cc1. The van der Waals surface area contributed by atoms with Crippen LogP contribution in [0.1, 0.15) is 35.3 Å². The normalized spacial score (nSPS) is 18.9. The van der Waals surface area contributed by atoms with Gasteiger partial charge in [-0.25, -0.2) is 9.37 Å². The Labute approximate surface area is 212 Å². The van der Waals surface area contributed by atoms with Crippen LogP contribution < -0.4 is 4.74 Å². The molecule has 0 bridgehead atoms. The minimum absolute atomic E-state index is 0.0438. The molecule has 1 amide bonds. The molecule has 36 heavy (non-hydrogen) atoms. The number of benzene rings is 2. The van der Waals surface area contributed by atoms with E-state index in [0.29, 0.717) is 30.8 Å². The highest BCUT2D eigenvalue weighted by atomic mass is 19.1.